The van der Waals surface area contributed by atoms with Crippen LogP contribution >= 0.6 is 0 Å². The molecule has 0 aliphatic carbocycles. The van der Waals surface area contributed by atoms with Crippen LogP contribution in [0, 0.1) is 6.92 Å². The molecule has 0 spiro atoms. The van der Waals surface area contributed by atoms with E-state index in [9.17, 15) is 67.0 Å². The van der Waals surface area contributed by atoms with Crippen LogP contribution in [0.4, 0.5) is 57.1 Å². The van der Waals surface area contributed by atoms with Crippen molar-refractivity contribution in [2.45, 2.75) is 42.7 Å². The number of hydrogen-bond donors (Lipinski definition) is 1. The summed E-state index contributed by atoms with van der Waals surface area (Å²) in [5.41, 5.74) is -4.35. The molecule has 166 valence electrons. The Hall–Kier alpha value is -2.22. The number of rotatable bonds is 6. The van der Waals surface area contributed by atoms with Gasteiger partial charge in [0, 0.05) is 0 Å². The lowest BCUT2D eigenvalue weighted by molar-refractivity contribution is -0.441. The molecule has 2 nitrogen and oxygen atoms in total. The van der Waals surface area contributed by atoms with E-state index in [1.165, 1.54) is 0 Å². The highest BCUT2D eigenvalue weighted by Gasteiger charge is 2.91. The molecule has 0 aliphatic rings. The van der Waals surface area contributed by atoms with Gasteiger partial charge in [-0.25, -0.2) is 0 Å². The summed E-state index contributed by atoms with van der Waals surface area (Å²) in [6, 6.07) is 0.400. The molecule has 0 bridgehead atoms. The Morgan fingerprint density at radius 3 is 1.52 bits per heavy atom. The monoisotopic (exact) mass is 454 g/mol. The molecule has 1 aromatic rings. The third kappa shape index (κ3) is 3.27. The molecule has 0 amide bonds. The fourth-order valence-electron chi connectivity index (χ4n) is 2.07. The summed E-state index contributed by atoms with van der Waals surface area (Å²) in [5.74, 6) is -40.2. The van der Waals surface area contributed by atoms with E-state index in [1.807, 2.05) is 0 Å². The lowest BCUT2D eigenvalue weighted by Crippen LogP contribution is -2.69. The van der Waals surface area contributed by atoms with E-state index < -0.39 is 64.5 Å². The average Bonchev–Trinajstić information content (AvgIpc) is 2.54. The van der Waals surface area contributed by atoms with Crippen LogP contribution in [-0.4, -0.2) is 41.3 Å². The predicted octanol–water partition coefficient (Wildman–Crippen LogP) is 5.71. The summed E-state index contributed by atoms with van der Waals surface area (Å²) >= 11 is 0. The van der Waals surface area contributed by atoms with E-state index in [2.05, 4.69) is 0 Å². The van der Waals surface area contributed by atoms with Crippen LogP contribution in [0.25, 0.3) is 0 Å². The Morgan fingerprint density at radius 1 is 0.724 bits per heavy atom. The Balaban J connectivity index is 3.76. The molecule has 0 radical (unpaired) electrons. The highest BCUT2D eigenvalue weighted by Crippen LogP contribution is 2.62. The molecule has 0 unspecified atom stereocenters. The summed E-state index contributed by atoms with van der Waals surface area (Å²) in [6.45, 7) is 0.800. The second kappa shape index (κ2) is 6.65. The highest BCUT2D eigenvalue weighted by atomic mass is 19.4. The van der Waals surface area contributed by atoms with E-state index >= 15 is 0 Å². The topological polar surface area (TPSA) is 37.3 Å². The van der Waals surface area contributed by atoms with Crippen LogP contribution in [0.5, 0.6) is 5.75 Å². The molecule has 0 heterocycles. The summed E-state index contributed by atoms with van der Waals surface area (Å²) in [6.07, 6.45) is -7.94. The maximum Gasteiger partial charge on any atom is 0.460 e. The molecule has 0 atom stereocenters. The molecule has 1 N–H and O–H groups in total. The number of carbonyl (C=O) groups is 1. The van der Waals surface area contributed by atoms with E-state index in [0.717, 1.165) is 6.92 Å². The Kier molecular flexibility index (Phi) is 5.69. The second-order valence-corrected chi connectivity index (χ2v) is 5.74. The van der Waals surface area contributed by atoms with Crippen LogP contribution in [0.15, 0.2) is 12.1 Å². The Bertz CT molecular complexity index is 795. The van der Waals surface area contributed by atoms with Crippen LogP contribution in [0.3, 0.4) is 0 Å². The number of benzene rings is 1. The zero-order valence-corrected chi connectivity index (χ0v) is 13.5. The van der Waals surface area contributed by atoms with Crippen molar-refractivity contribution < 1.29 is 67.0 Å². The number of aryl methyl sites for hydroxylation is 1. The molecule has 0 saturated heterocycles. The van der Waals surface area contributed by atoms with Gasteiger partial charge in [-0.1, -0.05) is 0 Å². The van der Waals surface area contributed by atoms with Crippen molar-refractivity contribution in [3.05, 3.63) is 28.8 Å². The van der Waals surface area contributed by atoms with Gasteiger partial charge in [0.25, 0.3) is 0 Å². The van der Waals surface area contributed by atoms with E-state index in [-0.39, 0.29) is 6.07 Å². The first-order valence-corrected chi connectivity index (χ1v) is 6.86. The maximum atomic E-state index is 14.0. The fraction of sp³-hybridized carbons (Fsp3) is 0.500. The summed E-state index contributed by atoms with van der Waals surface area (Å²) in [4.78, 5) is 10.6. The van der Waals surface area contributed by atoms with Gasteiger partial charge in [-0.05, 0) is 24.6 Å². The van der Waals surface area contributed by atoms with Crippen molar-refractivity contribution in [2.75, 3.05) is 0 Å². The van der Waals surface area contributed by atoms with Gasteiger partial charge in [-0.2, -0.15) is 57.1 Å². The van der Waals surface area contributed by atoms with Crippen LogP contribution in [0.1, 0.15) is 21.5 Å². The van der Waals surface area contributed by atoms with Crippen molar-refractivity contribution in [2.24, 2.45) is 0 Å². The minimum absolute atomic E-state index is 0.174. The third-order valence-electron chi connectivity index (χ3n) is 3.68. The lowest BCUT2D eigenvalue weighted by atomic mass is 9.89. The minimum atomic E-state index is -8.04. The number of aromatic hydroxyl groups is 1. The molecule has 29 heavy (non-hydrogen) atoms. The fourth-order valence-corrected chi connectivity index (χ4v) is 2.07. The summed E-state index contributed by atoms with van der Waals surface area (Å²) in [7, 11) is 0. The number of phenolic OH excluding ortho intramolecular Hbond substituents is 1. The Morgan fingerprint density at radius 2 is 1.14 bits per heavy atom. The lowest BCUT2D eigenvalue weighted by Gasteiger charge is -2.40. The Labute approximate surface area is 151 Å². The van der Waals surface area contributed by atoms with Crippen LogP contribution < -0.4 is 0 Å². The van der Waals surface area contributed by atoms with Crippen LogP contribution in [-0.2, 0) is 5.92 Å². The molecule has 0 saturated carbocycles. The molecule has 0 aliphatic heterocycles. The first kappa shape index (κ1) is 24.8. The number of carbonyl (C=O) groups excluding carboxylic acids is 1. The van der Waals surface area contributed by atoms with E-state index in [0.29, 0.717) is 6.07 Å². The quantitative estimate of drug-likeness (QED) is 0.442. The van der Waals surface area contributed by atoms with Crippen molar-refractivity contribution in [1.82, 2.24) is 0 Å². The molecule has 0 fully saturated rings. The van der Waals surface area contributed by atoms with Gasteiger partial charge in [0.1, 0.15) is 5.75 Å². The van der Waals surface area contributed by atoms with Crippen molar-refractivity contribution in [3.8, 4) is 5.75 Å². The smallest absolute Gasteiger partial charge is 0.460 e. The number of hydrogen-bond acceptors (Lipinski definition) is 2. The van der Waals surface area contributed by atoms with Crippen molar-refractivity contribution >= 4 is 6.29 Å². The minimum Gasteiger partial charge on any atom is -0.507 e. The van der Waals surface area contributed by atoms with Gasteiger partial charge in [0.05, 0.1) is 11.1 Å². The standard InChI is InChI=1S/C14H7F13O2/c1-5-2-6(4-28)8(29)7(3-5)9(15,16)10(17,18)11(19,20)12(21,22)13(23,24)14(25,26)27/h2-4,29H,1H3. The number of halogens is 13. The number of alkyl halides is 13. The third-order valence-corrected chi connectivity index (χ3v) is 3.68. The van der Waals surface area contributed by atoms with E-state index in [4.69, 9.17) is 0 Å². The van der Waals surface area contributed by atoms with Gasteiger partial charge >= 0.3 is 35.8 Å². The van der Waals surface area contributed by atoms with Gasteiger partial charge < -0.3 is 5.11 Å². The van der Waals surface area contributed by atoms with Crippen molar-refractivity contribution in [3.63, 3.8) is 0 Å². The van der Waals surface area contributed by atoms with Gasteiger partial charge in [0.15, 0.2) is 6.29 Å². The van der Waals surface area contributed by atoms with Gasteiger partial charge in [0.2, 0.25) is 0 Å². The molecular weight excluding hydrogens is 447 g/mol. The SMILES string of the molecule is Cc1cc(C=O)c(O)c(C(F)(F)C(F)(F)C(F)(F)C(F)(F)C(F)(F)C(F)(F)F)c1. The second-order valence-electron chi connectivity index (χ2n) is 5.74. The van der Waals surface area contributed by atoms with Crippen molar-refractivity contribution in [1.29, 1.82) is 0 Å². The zero-order valence-electron chi connectivity index (χ0n) is 13.5. The number of aldehydes is 1. The maximum absolute atomic E-state index is 14.0. The van der Waals surface area contributed by atoms with Gasteiger partial charge in [-0.15, -0.1) is 0 Å². The molecule has 0 aromatic heterocycles. The molecule has 15 heteroatoms. The average molecular weight is 454 g/mol. The first-order chi connectivity index (χ1) is 12.6. The molecule has 1 aromatic carbocycles. The first-order valence-electron chi connectivity index (χ1n) is 6.86. The predicted molar refractivity (Wildman–Crippen MR) is 68.0 cm³/mol. The zero-order chi connectivity index (χ0) is 23.4. The van der Waals surface area contributed by atoms with Gasteiger partial charge in [-0.3, -0.25) is 4.79 Å². The van der Waals surface area contributed by atoms with E-state index in [1.54, 1.807) is 0 Å². The highest BCUT2D eigenvalue weighted by molar-refractivity contribution is 5.80. The molecular formula is C14H7F13O2. The largest absolute Gasteiger partial charge is 0.507 e. The van der Waals surface area contributed by atoms with Crippen LogP contribution in [0.2, 0.25) is 0 Å². The normalized spacial score (nSPS) is 14.8. The number of phenols is 1. The summed E-state index contributed by atoms with van der Waals surface area (Å²) in [5, 5.41) is 9.36. The molecule has 1 rings (SSSR count). The summed E-state index contributed by atoms with van der Waals surface area (Å²) < 4.78 is 170.